The summed E-state index contributed by atoms with van der Waals surface area (Å²) in [4.78, 5) is 13.9. The molecule has 0 rings (SSSR count). The number of hydrogen-bond donors (Lipinski definition) is 0. The number of nitrogens with zero attached hydrogens (tertiary/aromatic N) is 1. The summed E-state index contributed by atoms with van der Waals surface area (Å²) in [6.07, 6.45) is 2.46. The number of rotatable bonds is 3. The largest absolute Gasteiger partial charge is 0.272 e. The molecule has 0 aliphatic carbocycles. The lowest BCUT2D eigenvalue weighted by Gasteiger charge is -1.87. The highest BCUT2D eigenvalue weighted by Crippen LogP contribution is 1.94. The van der Waals surface area contributed by atoms with E-state index in [1.54, 1.807) is 0 Å². The van der Waals surface area contributed by atoms with E-state index >= 15 is 0 Å². The minimum absolute atomic E-state index is 0.119. The van der Waals surface area contributed by atoms with Crippen molar-refractivity contribution in [1.82, 2.24) is 0 Å². The van der Waals surface area contributed by atoms with Gasteiger partial charge in [0.1, 0.15) is 0 Å². The monoisotopic (exact) mass is 125 g/mol. The van der Waals surface area contributed by atoms with Crippen LogP contribution in [0.3, 0.4) is 0 Å². The minimum Gasteiger partial charge on any atom is -0.272 e. The fourth-order valence-corrected chi connectivity index (χ4v) is 0.472. The second-order valence-corrected chi connectivity index (χ2v) is 1.77. The Labute approximate surface area is 55.3 Å². The first-order valence-electron chi connectivity index (χ1n) is 3.07. The Morgan fingerprint density at radius 3 is 2.89 bits per heavy atom. The zero-order valence-electron chi connectivity index (χ0n) is 5.68. The number of aliphatic imine (C=N–C) groups is 1. The van der Waals surface area contributed by atoms with Crippen molar-refractivity contribution >= 4 is 11.8 Å². The number of carbonyl (C=O) groups is 1. The fraction of sp³-hybridized carbons (Fsp3) is 0.571. The molecule has 0 aromatic carbocycles. The second-order valence-electron chi connectivity index (χ2n) is 1.77. The van der Waals surface area contributed by atoms with Crippen LogP contribution in [0.4, 0.5) is 0 Å². The van der Waals surface area contributed by atoms with Crippen molar-refractivity contribution in [2.75, 3.05) is 0 Å². The molecule has 0 aromatic rings. The summed E-state index contributed by atoms with van der Waals surface area (Å²) in [5, 5.41) is 0. The van der Waals surface area contributed by atoms with Crippen LogP contribution in [-0.2, 0) is 4.79 Å². The molecule has 2 nitrogen and oxygen atoms in total. The quantitative estimate of drug-likeness (QED) is 0.526. The van der Waals surface area contributed by atoms with Crippen LogP contribution in [0, 0.1) is 0 Å². The molecular weight excluding hydrogens is 114 g/mol. The zero-order valence-corrected chi connectivity index (χ0v) is 5.68. The number of amides is 1. The highest BCUT2D eigenvalue weighted by atomic mass is 16.1. The zero-order chi connectivity index (χ0) is 7.11. The third kappa shape index (κ3) is 4.98. The molecule has 0 unspecified atom stereocenters. The third-order valence-electron chi connectivity index (χ3n) is 0.948. The fourth-order valence-electron chi connectivity index (χ4n) is 0.472. The van der Waals surface area contributed by atoms with Gasteiger partial charge in [0.15, 0.2) is 0 Å². The maximum absolute atomic E-state index is 10.5. The van der Waals surface area contributed by atoms with Crippen LogP contribution >= 0.6 is 0 Å². The molecule has 0 fully saturated rings. The summed E-state index contributed by atoms with van der Waals surface area (Å²) in [6.45, 7) is 5.23. The van der Waals surface area contributed by atoms with Crippen molar-refractivity contribution < 1.29 is 4.79 Å². The smallest absolute Gasteiger partial charge is 0.253 e. The summed E-state index contributed by atoms with van der Waals surface area (Å²) >= 11 is 0. The van der Waals surface area contributed by atoms with Crippen molar-refractivity contribution in [3.63, 3.8) is 0 Å². The van der Waals surface area contributed by atoms with Gasteiger partial charge in [-0.05, 0) is 18.9 Å². The molecule has 2 heteroatoms. The van der Waals surface area contributed by atoms with Gasteiger partial charge in [0.2, 0.25) is 0 Å². The lowest BCUT2D eigenvalue weighted by molar-refractivity contribution is -0.117. The summed E-state index contributed by atoms with van der Waals surface area (Å²) in [5.74, 6) is 2.08. The van der Waals surface area contributed by atoms with E-state index in [4.69, 9.17) is 0 Å². The highest BCUT2D eigenvalue weighted by Gasteiger charge is 1.93. The van der Waals surface area contributed by atoms with Gasteiger partial charge in [-0.25, -0.2) is 0 Å². The Kier molecular flexibility index (Phi) is 4.75. The van der Waals surface area contributed by atoms with Crippen LogP contribution in [0.5, 0.6) is 0 Å². The van der Waals surface area contributed by atoms with E-state index in [0.29, 0.717) is 6.42 Å². The van der Waals surface area contributed by atoms with Gasteiger partial charge in [-0.2, -0.15) is 4.99 Å². The Hall–Kier alpha value is -0.880. The molecule has 9 heavy (non-hydrogen) atoms. The van der Waals surface area contributed by atoms with Crippen molar-refractivity contribution in [3.05, 3.63) is 6.58 Å². The lowest BCUT2D eigenvalue weighted by atomic mass is 10.2. The molecule has 0 N–H and O–H groups in total. The van der Waals surface area contributed by atoms with E-state index in [1.165, 1.54) is 0 Å². The van der Waals surface area contributed by atoms with Crippen LogP contribution in [-0.4, -0.2) is 11.8 Å². The summed E-state index contributed by atoms with van der Waals surface area (Å²) < 4.78 is 0. The van der Waals surface area contributed by atoms with Gasteiger partial charge in [0.05, 0.1) is 0 Å². The maximum atomic E-state index is 10.5. The molecule has 0 spiro atoms. The first-order valence-corrected chi connectivity index (χ1v) is 3.07. The van der Waals surface area contributed by atoms with Crippen LogP contribution in [0.1, 0.15) is 26.2 Å². The maximum Gasteiger partial charge on any atom is 0.253 e. The second kappa shape index (κ2) is 5.26. The van der Waals surface area contributed by atoms with Crippen LogP contribution < -0.4 is 0 Å². The molecular formula is C7H11NO. The molecule has 0 bridgehead atoms. The molecule has 0 saturated carbocycles. The van der Waals surface area contributed by atoms with Gasteiger partial charge in [0, 0.05) is 6.42 Å². The van der Waals surface area contributed by atoms with Crippen molar-refractivity contribution in [3.8, 4) is 0 Å². The highest BCUT2D eigenvalue weighted by molar-refractivity contribution is 5.82. The van der Waals surface area contributed by atoms with Crippen molar-refractivity contribution in [2.24, 2.45) is 4.99 Å². The summed E-state index contributed by atoms with van der Waals surface area (Å²) in [6, 6.07) is 0. The van der Waals surface area contributed by atoms with E-state index in [2.05, 4.69) is 17.4 Å². The number of carbonyl (C=O) groups excluding carboxylic acids is 1. The van der Waals surface area contributed by atoms with E-state index in [0.717, 1.165) is 12.8 Å². The molecule has 50 valence electrons. The molecule has 0 atom stereocenters. The van der Waals surface area contributed by atoms with Gasteiger partial charge in [-0.1, -0.05) is 13.3 Å². The predicted molar refractivity (Wildman–Crippen MR) is 37.6 cm³/mol. The molecule has 0 aromatic heterocycles. The average Bonchev–Trinajstić information content (AvgIpc) is 1.85. The Bertz CT molecular complexity index is 134. The third-order valence-corrected chi connectivity index (χ3v) is 0.948. The molecule has 0 aliphatic rings. The van der Waals surface area contributed by atoms with Gasteiger partial charge in [0.25, 0.3) is 5.91 Å². The van der Waals surface area contributed by atoms with E-state index < -0.39 is 0 Å². The summed E-state index contributed by atoms with van der Waals surface area (Å²) in [7, 11) is 0. The molecule has 0 saturated heterocycles. The average molecular weight is 125 g/mol. The minimum atomic E-state index is -0.119. The topological polar surface area (TPSA) is 29.4 Å². The van der Waals surface area contributed by atoms with Gasteiger partial charge in [-0.15, -0.1) is 0 Å². The molecule has 0 aliphatic heterocycles. The van der Waals surface area contributed by atoms with E-state index in [-0.39, 0.29) is 5.91 Å². The number of hydrogen-bond acceptors (Lipinski definition) is 1. The van der Waals surface area contributed by atoms with Crippen LogP contribution in [0.15, 0.2) is 11.6 Å². The molecule has 1 amide bonds. The lowest BCUT2D eigenvalue weighted by Crippen LogP contribution is -1.90. The van der Waals surface area contributed by atoms with Gasteiger partial charge in [-0.3, -0.25) is 4.79 Å². The Balaban J connectivity index is 3.39. The van der Waals surface area contributed by atoms with Crippen LogP contribution in [0.2, 0.25) is 0 Å². The number of unbranched alkanes of at least 4 members (excludes halogenated alkanes) is 1. The van der Waals surface area contributed by atoms with Gasteiger partial charge >= 0.3 is 0 Å². The van der Waals surface area contributed by atoms with Crippen molar-refractivity contribution in [1.29, 1.82) is 0 Å². The molecule has 0 heterocycles. The van der Waals surface area contributed by atoms with Crippen molar-refractivity contribution in [2.45, 2.75) is 26.2 Å². The normalized spacial score (nSPS) is 8.11. The van der Waals surface area contributed by atoms with Crippen LogP contribution in [0.25, 0.3) is 0 Å². The Morgan fingerprint density at radius 2 is 2.44 bits per heavy atom. The first-order chi connectivity index (χ1) is 4.31. The standard InChI is InChI=1S/C7H11NO/c1-3-5-6-7(9)8-4-2/h2-3,5-6H2,1H3. The molecule has 0 radical (unpaired) electrons. The van der Waals surface area contributed by atoms with E-state index in [1.807, 2.05) is 6.92 Å². The predicted octanol–water partition coefficient (Wildman–Crippen LogP) is 1.56. The first kappa shape index (κ1) is 8.12. The Morgan fingerprint density at radius 1 is 1.78 bits per heavy atom. The van der Waals surface area contributed by atoms with Gasteiger partial charge < -0.3 is 0 Å². The summed E-state index contributed by atoms with van der Waals surface area (Å²) in [5.41, 5.74) is 0. The SMILES string of the molecule is C=C=NC(=O)CCCC. The van der Waals surface area contributed by atoms with E-state index in [9.17, 15) is 4.79 Å².